The molecular formula is C16H22N4O2. The van der Waals surface area contributed by atoms with Crippen molar-refractivity contribution < 1.29 is 9.63 Å². The molecule has 2 N–H and O–H groups in total. The maximum absolute atomic E-state index is 11.8. The van der Waals surface area contributed by atoms with Crippen LogP contribution in [-0.4, -0.2) is 20.6 Å². The number of hydrogen-bond donors (Lipinski definition) is 1. The fourth-order valence-electron chi connectivity index (χ4n) is 3.35. The molecule has 0 amide bonds. The lowest BCUT2D eigenvalue weighted by molar-refractivity contribution is 0.0505. The molecule has 0 saturated heterocycles. The van der Waals surface area contributed by atoms with Crippen LogP contribution in [0.4, 0.5) is 0 Å². The number of carbonyl (C=O) groups excluding carboxylic acids is 1. The topological polar surface area (TPSA) is 82.5 Å². The van der Waals surface area contributed by atoms with Crippen LogP contribution in [0, 0.1) is 0 Å². The van der Waals surface area contributed by atoms with Crippen molar-refractivity contribution in [3.05, 3.63) is 29.7 Å². The van der Waals surface area contributed by atoms with Gasteiger partial charge in [0.25, 0.3) is 0 Å². The average Bonchev–Trinajstić information content (AvgIpc) is 2.95. The molecule has 0 aromatic carbocycles. The number of carbonyl (C=O) groups is 1. The first-order valence-corrected chi connectivity index (χ1v) is 7.90. The number of imidazole rings is 1. The van der Waals surface area contributed by atoms with E-state index < -0.39 is 5.97 Å². The molecule has 1 aliphatic rings. The molecule has 2 aromatic heterocycles. The predicted molar refractivity (Wildman–Crippen MR) is 82.3 cm³/mol. The van der Waals surface area contributed by atoms with Crippen LogP contribution in [0.2, 0.25) is 0 Å². The van der Waals surface area contributed by atoms with Crippen LogP contribution in [0.1, 0.15) is 67.9 Å². The average molecular weight is 302 g/mol. The molecule has 6 heteroatoms. The number of nitrogens with zero attached hydrogens (tertiary/aromatic N) is 3. The van der Waals surface area contributed by atoms with Crippen LogP contribution in [0.15, 0.2) is 18.5 Å². The van der Waals surface area contributed by atoms with E-state index in [1.165, 1.54) is 32.1 Å². The number of aromatic nitrogens is 3. The fourth-order valence-corrected chi connectivity index (χ4v) is 3.35. The molecule has 0 spiro atoms. The first-order valence-electron chi connectivity index (χ1n) is 7.90. The summed E-state index contributed by atoms with van der Waals surface area (Å²) in [6.07, 6.45) is 12.1. The Hall–Kier alpha value is -1.95. The van der Waals surface area contributed by atoms with Gasteiger partial charge >= 0.3 is 5.97 Å². The monoisotopic (exact) mass is 302 g/mol. The normalized spacial score (nSPS) is 18.6. The Morgan fingerprint density at radius 3 is 2.64 bits per heavy atom. The zero-order chi connectivity index (χ0) is 15.6. The Bertz CT molecular complexity index is 672. The SMILES string of the molecule is CC1(c2cn3nccc(C(=O)ON)c3n2)CCCCCCC1. The summed E-state index contributed by atoms with van der Waals surface area (Å²) in [5.41, 5.74) is 1.89. The van der Waals surface area contributed by atoms with E-state index in [1.807, 2.05) is 6.20 Å². The van der Waals surface area contributed by atoms with Crippen molar-refractivity contribution in [1.29, 1.82) is 0 Å². The van der Waals surface area contributed by atoms with Gasteiger partial charge < -0.3 is 4.84 Å². The minimum atomic E-state index is -0.590. The maximum atomic E-state index is 11.8. The molecule has 0 unspecified atom stereocenters. The van der Waals surface area contributed by atoms with E-state index in [1.54, 1.807) is 16.8 Å². The predicted octanol–water partition coefficient (Wildman–Crippen LogP) is 2.76. The molecule has 1 aliphatic carbocycles. The Morgan fingerprint density at radius 2 is 1.95 bits per heavy atom. The molecule has 3 rings (SSSR count). The van der Waals surface area contributed by atoms with Gasteiger partial charge in [-0.25, -0.2) is 14.3 Å². The lowest BCUT2D eigenvalue weighted by atomic mass is 9.76. The molecule has 1 saturated carbocycles. The summed E-state index contributed by atoms with van der Waals surface area (Å²) in [6.45, 7) is 2.26. The number of nitrogens with two attached hydrogens (primary N) is 1. The first kappa shape index (κ1) is 15.0. The van der Waals surface area contributed by atoms with Gasteiger partial charge in [-0.05, 0) is 18.9 Å². The van der Waals surface area contributed by atoms with Crippen molar-refractivity contribution in [3.63, 3.8) is 0 Å². The van der Waals surface area contributed by atoms with E-state index in [9.17, 15) is 4.79 Å². The van der Waals surface area contributed by atoms with Crippen LogP contribution >= 0.6 is 0 Å². The Labute approximate surface area is 129 Å². The molecule has 0 radical (unpaired) electrons. The van der Waals surface area contributed by atoms with E-state index in [-0.39, 0.29) is 5.41 Å². The quantitative estimate of drug-likeness (QED) is 0.862. The maximum Gasteiger partial charge on any atom is 0.360 e. The van der Waals surface area contributed by atoms with Crippen LogP contribution in [0.5, 0.6) is 0 Å². The van der Waals surface area contributed by atoms with Crippen molar-refractivity contribution >= 4 is 11.6 Å². The van der Waals surface area contributed by atoms with Gasteiger partial charge in [0.15, 0.2) is 5.65 Å². The summed E-state index contributed by atoms with van der Waals surface area (Å²) in [6, 6.07) is 1.59. The molecule has 118 valence electrons. The zero-order valence-corrected chi connectivity index (χ0v) is 12.9. The summed E-state index contributed by atoms with van der Waals surface area (Å²) in [5.74, 6) is 4.41. The number of hydrogen-bond acceptors (Lipinski definition) is 5. The summed E-state index contributed by atoms with van der Waals surface area (Å²) in [4.78, 5) is 20.8. The van der Waals surface area contributed by atoms with Gasteiger partial charge in [0, 0.05) is 11.6 Å². The second-order valence-corrected chi connectivity index (χ2v) is 6.37. The van der Waals surface area contributed by atoms with Gasteiger partial charge in [0.05, 0.1) is 11.9 Å². The fraction of sp³-hybridized carbons (Fsp3) is 0.562. The third-order valence-corrected chi connectivity index (χ3v) is 4.76. The van der Waals surface area contributed by atoms with Gasteiger partial charge in [0.2, 0.25) is 0 Å². The van der Waals surface area contributed by atoms with Crippen LogP contribution in [0.25, 0.3) is 5.65 Å². The molecular weight excluding hydrogens is 280 g/mol. The largest absolute Gasteiger partial charge is 0.370 e. The van der Waals surface area contributed by atoms with Crippen molar-refractivity contribution in [2.45, 2.75) is 57.3 Å². The summed E-state index contributed by atoms with van der Waals surface area (Å²) in [7, 11) is 0. The van der Waals surface area contributed by atoms with E-state index >= 15 is 0 Å². The smallest absolute Gasteiger partial charge is 0.360 e. The van der Waals surface area contributed by atoms with Crippen molar-refractivity contribution in [3.8, 4) is 0 Å². The van der Waals surface area contributed by atoms with E-state index in [2.05, 4.69) is 16.9 Å². The molecule has 6 nitrogen and oxygen atoms in total. The highest BCUT2D eigenvalue weighted by Crippen LogP contribution is 2.36. The third kappa shape index (κ3) is 2.70. The Balaban J connectivity index is 2.02. The Morgan fingerprint density at radius 1 is 1.27 bits per heavy atom. The second kappa shape index (κ2) is 6.04. The van der Waals surface area contributed by atoms with Gasteiger partial charge in [-0.3, -0.25) is 0 Å². The minimum Gasteiger partial charge on any atom is -0.370 e. The summed E-state index contributed by atoms with van der Waals surface area (Å²) in [5, 5.41) is 4.25. The lowest BCUT2D eigenvalue weighted by Crippen LogP contribution is -2.23. The number of fused-ring (bicyclic) bond motifs is 1. The van der Waals surface area contributed by atoms with Crippen molar-refractivity contribution in [2.24, 2.45) is 5.90 Å². The van der Waals surface area contributed by atoms with Crippen molar-refractivity contribution in [1.82, 2.24) is 14.6 Å². The highest BCUT2D eigenvalue weighted by Gasteiger charge is 2.30. The number of rotatable bonds is 2. The van der Waals surface area contributed by atoms with E-state index in [0.29, 0.717) is 11.2 Å². The lowest BCUT2D eigenvalue weighted by Gasteiger charge is -2.29. The third-order valence-electron chi connectivity index (χ3n) is 4.76. The van der Waals surface area contributed by atoms with Crippen LogP contribution in [0.3, 0.4) is 0 Å². The molecule has 2 aromatic rings. The molecule has 0 atom stereocenters. The highest BCUT2D eigenvalue weighted by atomic mass is 16.7. The summed E-state index contributed by atoms with van der Waals surface area (Å²) >= 11 is 0. The van der Waals surface area contributed by atoms with E-state index in [4.69, 9.17) is 10.9 Å². The Kier molecular flexibility index (Phi) is 4.11. The van der Waals surface area contributed by atoms with E-state index in [0.717, 1.165) is 18.5 Å². The molecule has 2 heterocycles. The van der Waals surface area contributed by atoms with Gasteiger partial charge in [-0.15, -0.1) is 0 Å². The standard InChI is InChI=1S/C16H22N4O2/c1-16(8-5-3-2-4-6-9-16)13-11-20-14(19-13)12(7-10-18-20)15(21)22-17/h7,10-11H,2-6,8-9,17H2,1H3. The zero-order valence-electron chi connectivity index (χ0n) is 12.9. The molecule has 22 heavy (non-hydrogen) atoms. The van der Waals surface area contributed by atoms with Gasteiger partial charge in [-0.1, -0.05) is 39.0 Å². The highest BCUT2D eigenvalue weighted by molar-refractivity contribution is 5.95. The summed E-state index contributed by atoms with van der Waals surface area (Å²) < 4.78 is 1.64. The van der Waals surface area contributed by atoms with Crippen molar-refractivity contribution in [2.75, 3.05) is 0 Å². The van der Waals surface area contributed by atoms with Gasteiger partial charge in [-0.2, -0.15) is 11.0 Å². The molecule has 0 aliphatic heterocycles. The van der Waals surface area contributed by atoms with Gasteiger partial charge in [0.1, 0.15) is 5.56 Å². The van der Waals surface area contributed by atoms with Crippen LogP contribution in [-0.2, 0) is 10.3 Å². The first-order chi connectivity index (χ1) is 10.6. The minimum absolute atomic E-state index is 0.0397. The molecule has 0 bridgehead atoms. The van der Waals surface area contributed by atoms with Crippen LogP contribution < -0.4 is 5.90 Å². The second-order valence-electron chi connectivity index (χ2n) is 6.37. The molecule has 1 fully saturated rings.